The van der Waals surface area contributed by atoms with Crippen molar-refractivity contribution in [2.45, 2.75) is 38.7 Å². The van der Waals surface area contributed by atoms with Crippen molar-refractivity contribution in [1.29, 1.82) is 0 Å². The summed E-state index contributed by atoms with van der Waals surface area (Å²) in [5.41, 5.74) is -1.89. The lowest BCUT2D eigenvalue weighted by Gasteiger charge is -2.25. The smallest absolute Gasteiger partial charge is 0.308 e. The van der Waals surface area contributed by atoms with Gasteiger partial charge in [0.15, 0.2) is 0 Å². The molecular weight excluding hydrogens is 492 g/mol. The Kier molecular flexibility index (Phi) is 7.67. The second-order valence-electron chi connectivity index (χ2n) is 8.20. The van der Waals surface area contributed by atoms with Crippen LogP contribution in [-0.2, 0) is 25.0 Å². The predicted molar refractivity (Wildman–Crippen MR) is 130 cm³/mol. The number of fused-ring (bicyclic) bond motifs is 1. The second kappa shape index (κ2) is 10.6. The van der Waals surface area contributed by atoms with Crippen LogP contribution in [0.25, 0.3) is 10.9 Å². The Hall–Kier alpha value is -2.95. The fourth-order valence-corrected chi connectivity index (χ4v) is 6.46. The van der Waals surface area contributed by atoms with Crippen LogP contribution in [0.15, 0.2) is 58.1 Å². The molecule has 10 nitrogen and oxygen atoms in total. The molecule has 1 saturated heterocycles. The van der Waals surface area contributed by atoms with E-state index < -0.39 is 48.0 Å². The van der Waals surface area contributed by atoms with E-state index in [1.54, 1.807) is 39.1 Å². The number of carbonyl (C=O) groups is 1. The van der Waals surface area contributed by atoms with Crippen LogP contribution in [0.1, 0.15) is 30.6 Å². The number of halogens is 1. The number of hydroxylamine groups is 2. The van der Waals surface area contributed by atoms with Gasteiger partial charge in [-0.3, -0.25) is 23.6 Å². The zero-order chi connectivity index (χ0) is 26.0. The van der Waals surface area contributed by atoms with Gasteiger partial charge in [0.25, 0.3) is 11.5 Å². The Morgan fingerprint density at radius 1 is 1.08 bits per heavy atom. The first kappa shape index (κ1) is 26.1. The second-order valence-corrected chi connectivity index (χ2v) is 10.4. The number of aromatic nitrogens is 2. The molecule has 2 atom stereocenters. The summed E-state index contributed by atoms with van der Waals surface area (Å²) in [6.45, 7) is 3.71. The lowest BCUT2D eigenvalue weighted by Crippen LogP contribution is -2.45. The number of para-hydroxylation sites is 1. The van der Waals surface area contributed by atoms with Crippen molar-refractivity contribution in [2.24, 2.45) is 0 Å². The van der Waals surface area contributed by atoms with Crippen LogP contribution in [0.3, 0.4) is 0 Å². The number of rotatable bonds is 8. The zero-order valence-corrected chi connectivity index (χ0v) is 21.0. The highest BCUT2D eigenvalue weighted by Gasteiger charge is 2.46. The molecule has 1 aliphatic heterocycles. The number of carbonyl (C=O) groups excluding carboxylic acids is 1. The third-order valence-corrected chi connectivity index (χ3v) is 8.44. The standard InChI is InChI=1S/C24H27FN3O7P/c1-4-33-36(32,34-5-2)21-14-16(35-26(21)3)15-27-20-13-9-7-11-18(20)23(30)28(24(27)31)22(29)17-10-6-8-12-19(17)25/h6-13,16,21H,4-5,14-15H2,1-3H3. The average molecular weight is 519 g/mol. The maximum absolute atomic E-state index is 14.3. The predicted octanol–water partition coefficient (Wildman–Crippen LogP) is 3.22. The molecule has 12 heteroatoms. The molecule has 2 unspecified atom stereocenters. The molecule has 2 aromatic carbocycles. The molecule has 0 saturated carbocycles. The van der Waals surface area contributed by atoms with Crippen LogP contribution in [-0.4, -0.2) is 52.3 Å². The fraction of sp³-hybridized carbons (Fsp3) is 0.375. The van der Waals surface area contributed by atoms with Crippen molar-refractivity contribution in [2.75, 3.05) is 20.3 Å². The van der Waals surface area contributed by atoms with Crippen molar-refractivity contribution in [3.05, 3.63) is 80.7 Å². The van der Waals surface area contributed by atoms with E-state index in [1.165, 1.54) is 33.9 Å². The molecule has 0 bridgehead atoms. The first-order valence-electron chi connectivity index (χ1n) is 11.5. The molecule has 1 aliphatic rings. The van der Waals surface area contributed by atoms with Crippen molar-refractivity contribution < 1.29 is 27.6 Å². The summed E-state index contributed by atoms with van der Waals surface area (Å²) in [6.07, 6.45) is -0.445. The van der Waals surface area contributed by atoms with Gasteiger partial charge in [-0.2, -0.15) is 9.63 Å². The van der Waals surface area contributed by atoms with Gasteiger partial charge in [0.2, 0.25) is 0 Å². The minimum atomic E-state index is -3.54. The van der Waals surface area contributed by atoms with E-state index in [1.807, 2.05) is 0 Å². The summed E-state index contributed by atoms with van der Waals surface area (Å²) in [6, 6.07) is 11.5. The number of hydrogen-bond acceptors (Lipinski definition) is 8. The summed E-state index contributed by atoms with van der Waals surface area (Å²) in [5, 5.41) is 1.50. The first-order chi connectivity index (χ1) is 17.2. The maximum atomic E-state index is 14.3. The van der Waals surface area contributed by atoms with Gasteiger partial charge >= 0.3 is 13.3 Å². The van der Waals surface area contributed by atoms with E-state index in [-0.39, 0.29) is 37.1 Å². The molecule has 36 heavy (non-hydrogen) atoms. The van der Waals surface area contributed by atoms with Gasteiger partial charge in [-0.15, -0.1) is 0 Å². The van der Waals surface area contributed by atoms with E-state index >= 15 is 0 Å². The molecule has 3 aromatic rings. The van der Waals surface area contributed by atoms with E-state index in [0.717, 1.165) is 6.07 Å². The van der Waals surface area contributed by atoms with Gasteiger partial charge < -0.3 is 9.05 Å². The Labute approximate surface area is 206 Å². The van der Waals surface area contributed by atoms with Crippen molar-refractivity contribution in [3.8, 4) is 0 Å². The highest BCUT2D eigenvalue weighted by Crippen LogP contribution is 2.57. The van der Waals surface area contributed by atoms with Crippen molar-refractivity contribution in [1.82, 2.24) is 14.2 Å². The number of benzene rings is 2. The Morgan fingerprint density at radius 2 is 1.72 bits per heavy atom. The molecule has 0 N–H and O–H groups in total. The number of hydrogen-bond donors (Lipinski definition) is 0. The van der Waals surface area contributed by atoms with Crippen molar-refractivity contribution in [3.63, 3.8) is 0 Å². The Morgan fingerprint density at radius 3 is 2.39 bits per heavy atom. The molecule has 1 aromatic heterocycles. The SMILES string of the molecule is CCOP(=O)(OCC)C1CC(Cn2c(=O)n(C(=O)c3ccccc3F)c(=O)c3ccccc32)ON1C. The van der Waals surface area contributed by atoms with E-state index in [0.29, 0.717) is 4.57 Å². The normalized spacial score (nSPS) is 18.7. The molecule has 4 rings (SSSR count). The summed E-state index contributed by atoms with van der Waals surface area (Å²) in [7, 11) is -1.95. The third-order valence-electron chi connectivity index (χ3n) is 5.94. The van der Waals surface area contributed by atoms with Crippen molar-refractivity contribution >= 4 is 24.4 Å². The van der Waals surface area contributed by atoms with Gasteiger partial charge in [0.1, 0.15) is 11.6 Å². The van der Waals surface area contributed by atoms with Gasteiger partial charge in [-0.25, -0.2) is 9.18 Å². The molecule has 192 valence electrons. The van der Waals surface area contributed by atoms with Gasteiger partial charge in [-0.1, -0.05) is 24.3 Å². The molecule has 0 radical (unpaired) electrons. The highest BCUT2D eigenvalue weighted by molar-refractivity contribution is 7.54. The lowest BCUT2D eigenvalue weighted by atomic mass is 10.2. The minimum absolute atomic E-state index is 0.0662. The topological polar surface area (TPSA) is 109 Å². The number of nitrogens with zero attached hydrogens (tertiary/aromatic N) is 3. The summed E-state index contributed by atoms with van der Waals surface area (Å²) in [5.74, 6) is -2.63. The molecular formula is C24H27FN3O7P. The first-order valence-corrected chi connectivity index (χ1v) is 13.1. The Bertz CT molecular complexity index is 1440. The van der Waals surface area contributed by atoms with E-state index in [4.69, 9.17) is 13.9 Å². The highest BCUT2D eigenvalue weighted by atomic mass is 31.2. The van der Waals surface area contributed by atoms with E-state index in [9.17, 15) is 23.3 Å². The van der Waals surface area contributed by atoms with Crippen LogP contribution >= 0.6 is 7.60 Å². The lowest BCUT2D eigenvalue weighted by molar-refractivity contribution is -0.138. The van der Waals surface area contributed by atoms with Crippen LogP contribution in [0.4, 0.5) is 4.39 Å². The summed E-state index contributed by atoms with van der Waals surface area (Å²) >= 11 is 0. The molecule has 0 aliphatic carbocycles. The minimum Gasteiger partial charge on any atom is -0.308 e. The van der Waals surface area contributed by atoms with E-state index in [2.05, 4.69) is 0 Å². The van der Waals surface area contributed by atoms with Crippen LogP contribution in [0.2, 0.25) is 0 Å². The molecule has 0 amide bonds. The van der Waals surface area contributed by atoms with Gasteiger partial charge in [-0.05, 0) is 38.1 Å². The van der Waals surface area contributed by atoms with Gasteiger partial charge in [0, 0.05) is 13.5 Å². The average Bonchev–Trinajstić information content (AvgIpc) is 3.23. The summed E-state index contributed by atoms with van der Waals surface area (Å²) < 4.78 is 40.2. The molecule has 1 fully saturated rings. The fourth-order valence-electron chi connectivity index (χ4n) is 4.37. The van der Waals surface area contributed by atoms with Gasteiger partial charge in [0.05, 0.1) is 42.3 Å². The third kappa shape index (κ3) is 4.72. The largest absolute Gasteiger partial charge is 0.350 e. The quantitative estimate of drug-likeness (QED) is 0.418. The zero-order valence-electron chi connectivity index (χ0n) is 20.1. The van der Waals surface area contributed by atoms with Crippen LogP contribution in [0, 0.1) is 5.82 Å². The monoisotopic (exact) mass is 519 g/mol. The molecule has 2 heterocycles. The Balaban J connectivity index is 1.77. The maximum Gasteiger partial charge on any atom is 0.350 e. The van der Waals surface area contributed by atoms with Crippen LogP contribution in [0.5, 0.6) is 0 Å². The summed E-state index contributed by atoms with van der Waals surface area (Å²) in [4.78, 5) is 45.6. The van der Waals surface area contributed by atoms with Crippen LogP contribution < -0.4 is 11.2 Å². The molecule has 0 spiro atoms.